The SMILES string of the molecule is CC(=O)N(C(C)=O)n1c(-c2ccccc2)n[nH]c1=O. The Balaban J connectivity index is 2.64. The van der Waals surface area contributed by atoms with Gasteiger partial charge in [-0.25, -0.2) is 9.89 Å². The molecule has 0 aliphatic heterocycles. The number of nitrogens with one attached hydrogen (secondary N) is 1. The van der Waals surface area contributed by atoms with Crippen LogP contribution in [0.1, 0.15) is 13.8 Å². The molecule has 0 radical (unpaired) electrons. The quantitative estimate of drug-likeness (QED) is 0.839. The number of H-pyrrole nitrogens is 1. The number of hydrogen-bond acceptors (Lipinski definition) is 4. The van der Waals surface area contributed by atoms with Gasteiger partial charge in [-0.3, -0.25) is 9.59 Å². The largest absolute Gasteiger partial charge is 0.363 e. The van der Waals surface area contributed by atoms with E-state index in [0.717, 1.165) is 9.69 Å². The van der Waals surface area contributed by atoms with E-state index in [1.54, 1.807) is 24.3 Å². The molecule has 98 valence electrons. The van der Waals surface area contributed by atoms with E-state index in [9.17, 15) is 14.4 Å². The predicted octanol–water partition coefficient (Wildman–Crippen LogP) is 0.269. The Morgan fingerprint density at radius 3 is 2.26 bits per heavy atom. The Kier molecular flexibility index (Phi) is 3.28. The average Bonchev–Trinajstić information content (AvgIpc) is 2.72. The molecule has 7 heteroatoms. The molecule has 0 fully saturated rings. The number of hydrogen-bond donors (Lipinski definition) is 1. The highest BCUT2D eigenvalue weighted by Crippen LogP contribution is 2.14. The van der Waals surface area contributed by atoms with Crippen LogP contribution in [-0.2, 0) is 9.59 Å². The second kappa shape index (κ2) is 4.89. The zero-order valence-electron chi connectivity index (χ0n) is 10.5. The van der Waals surface area contributed by atoms with Gasteiger partial charge in [0.25, 0.3) is 0 Å². The molecule has 0 atom stereocenters. The zero-order valence-corrected chi connectivity index (χ0v) is 10.5. The van der Waals surface area contributed by atoms with Crippen LogP contribution in [0.2, 0.25) is 0 Å². The fourth-order valence-corrected chi connectivity index (χ4v) is 1.75. The van der Waals surface area contributed by atoms with Crippen molar-refractivity contribution in [2.24, 2.45) is 0 Å². The van der Waals surface area contributed by atoms with Gasteiger partial charge >= 0.3 is 5.69 Å². The first kappa shape index (κ1) is 12.7. The molecule has 0 bridgehead atoms. The van der Waals surface area contributed by atoms with Gasteiger partial charge in [0.15, 0.2) is 5.82 Å². The third kappa shape index (κ3) is 2.30. The van der Waals surface area contributed by atoms with E-state index < -0.39 is 17.5 Å². The summed E-state index contributed by atoms with van der Waals surface area (Å²) in [5, 5.41) is 6.83. The number of nitrogens with zero attached hydrogens (tertiary/aromatic N) is 3. The molecule has 2 amide bonds. The number of imide groups is 1. The smallest absolute Gasteiger partial charge is 0.273 e. The summed E-state index contributed by atoms with van der Waals surface area (Å²) in [5.41, 5.74) is -0.0300. The monoisotopic (exact) mass is 260 g/mol. The Hall–Kier alpha value is -2.70. The van der Waals surface area contributed by atoms with E-state index in [1.807, 2.05) is 6.07 Å². The molecule has 1 aromatic carbocycles. The van der Waals surface area contributed by atoms with Crippen molar-refractivity contribution in [2.75, 3.05) is 5.01 Å². The average molecular weight is 260 g/mol. The van der Waals surface area contributed by atoms with E-state index in [4.69, 9.17) is 0 Å². The predicted molar refractivity (Wildman–Crippen MR) is 67.9 cm³/mol. The van der Waals surface area contributed by atoms with E-state index >= 15 is 0 Å². The maximum absolute atomic E-state index is 11.8. The summed E-state index contributed by atoms with van der Waals surface area (Å²) in [6.07, 6.45) is 0. The highest BCUT2D eigenvalue weighted by molar-refractivity contribution is 6.06. The molecule has 0 aliphatic rings. The summed E-state index contributed by atoms with van der Waals surface area (Å²) in [6.45, 7) is 2.41. The summed E-state index contributed by atoms with van der Waals surface area (Å²) >= 11 is 0. The van der Waals surface area contributed by atoms with Gasteiger partial charge < -0.3 is 0 Å². The van der Waals surface area contributed by atoms with E-state index in [1.165, 1.54) is 13.8 Å². The molecule has 0 unspecified atom stereocenters. The molecule has 2 aromatic rings. The molecule has 1 aromatic heterocycles. The van der Waals surface area contributed by atoms with Gasteiger partial charge in [-0.15, -0.1) is 0 Å². The minimum Gasteiger partial charge on any atom is -0.273 e. The molecule has 1 N–H and O–H groups in total. The summed E-state index contributed by atoms with van der Waals surface area (Å²) in [4.78, 5) is 34.8. The van der Waals surface area contributed by atoms with Gasteiger partial charge in [0, 0.05) is 19.4 Å². The lowest BCUT2D eigenvalue weighted by molar-refractivity contribution is -0.126. The van der Waals surface area contributed by atoms with Crippen molar-refractivity contribution >= 4 is 11.8 Å². The number of rotatable bonds is 2. The fraction of sp³-hybridized carbons (Fsp3) is 0.167. The number of amides is 2. The molecular formula is C12H12N4O3. The van der Waals surface area contributed by atoms with Crippen LogP contribution in [0.25, 0.3) is 11.4 Å². The normalized spacial score (nSPS) is 10.2. The minimum absolute atomic E-state index is 0.205. The third-order valence-corrected chi connectivity index (χ3v) is 2.48. The number of carbonyl (C=O) groups excluding carboxylic acids is 2. The van der Waals surface area contributed by atoms with Gasteiger partial charge in [0.1, 0.15) is 0 Å². The minimum atomic E-state index is -0.649. The van der Waals surface area contributed by atoms with Crippen molar-refractivity contribution in [2.45, 2.75) is 13.8 Å². The van der Waals surface area contributed by atoms with Crippen LogP contribution >= 0.6 is 0 Å². The van der Waals surface area contributed by atoms with Crippen LogP contribution in [-0.4, -0.2) is 26.7 Å². The van der Waals surface area contributed by atoms with E-state index in [0.29, 0.717) is 5.56 Å². The molecule has 7 nitrogen and oxygen atoms in total. The standard InChI is InChI=1S/C12H12N4O3/c1-8(17)15(9(2)18)16-11(13-14-12(16)19)10-6-4-3-5-7-10/h3-7H,1-2H3,(H,14,19). The van der Waals surface area contributed by atoms with Gasteiger partial charge in [0.2, 0.25) is 11.8 Å². The third-order valence-electron chi connectivity index (χ3n) is 2.48. The van der Waals surface area contributed by atoms with Crippen LogP contribution in [0.5, 0.6) is 0 Å². The van der Waals surface area contributed by atoms with E-state index in [2.05, 4.69) is 10.2 Å². The lowest BCUT2D eigenvalue weighted by Crippen LogP contribution is -2.47. The van der Waals surface area contributed by atoms with Gasteiger partial charge in [0.05, 0.1) is 0 Å². The van der Waals surface area contributed by atoms with Crippen LogP contribution < -0.4 is 10.7 Å². The Morgan fingerprint density at radius 1 is 1.16 bits per heavy atom. The maximum Gasteiger partial charge on any atom is 0.363 e. The molecule has 0 spiro atoms. The topological polar surface area (TPSA) is 88.1 Å². The first-order chi connectivity index (χ1) is 9.02. The zero-order chi connectivity index (χ0) is 14.0. The lowest BCUT2D eigenvalue weighted by Gasteiger charge is -2.18. The second-order valence-corrected chi connectivity index (χ2v) is 3.88. The summed E-state index contributed by atoms with van der Waals surface area (Å²) in [6, 6.07) is 8.80. The summed E-state index contributed by atoms with van der Waals surface area (Å²) in [7, 11) is 0. The van der Waals surface area contributed by atoms with Crippen LogP contribution in [0.4, 0.5) is 0 Å². The molecule has 0 saturated heterocycles. The van der Waals surface area contributed by atoms with Crippen molar-refractivity contribution < 1.29 is 9.59 Å². The summed E-state index contributed by atoms with van der Waals surface area (Å²) in [5.74, 6) is -0.919. The fourth-order valence-electron chi connectivity index (χ4n) is 1.75. The Morgan fingerprint density at radius 2 is 1.74 bits per heavy atom. The number of aromatic amines is 1. The Labute approximate surface area is 108 Å². The van der Waals surface area contributed by atoms with Crippen LogP contribution in [0.3, 0.4) is 0 Å². The number of benzene rings is 1. The van der Waals surface area contributed by atoms with Crippen molar-refractivity contribution in [1.29, 1.82) is 0 Å². The Bertz CT molecular complexity index is 658. The van der Waals surface area contributed by atoms with Crippen molar-refractivity contribution in [3.8, 4) is 11.4 Å². The van der Waals surface area contributed by atoms with Gasteiger partial charge in [-0.05, 0) is 0 Å². The highest BCUT2D eigenvalue weighted by Gasteiger charge is 2.23. The van der Waals surface area contributed by atoms with Crippen LogP contribution in [0, 0.1) is 0 Å². The van der Waals surface area contributed by atoms with Gasteiger partial charge in [-0.1, -0.05) is 30.3 Å². The number of aromatic nitrogens is 3. The molecule has 2 rings (SSSR count). The molecular weight excluding hydrogens is 248 g/mol. The number of carbonyl (C=O) groups is 2. The van der Waals surface area contributed by atoms with Crippen molar-refractivity contribution in [3.63, 3.8) is 0 Å². The second-order valence-electron chi connectivity index (χ2n) is 3.88. The first-order valence-electron chi connectivity index (χ1n) is 5.56. The van der Waals surface area contributed by atoms with E-state index in [-0.39, 0.29) is 5.82 Å². The first-order valence-corrected chi connectivity index (χ1v) is 5.56. The summed E-state index contributed by atoms with van der Waals surface area (Å²) < 4.78 is 0.931. The van der Waals surface area contributed by atoms with Crippen molar-refractivity contribution in [3.05, 3.63) is 40.8 Å². The molecule has 0 saturated carbocycles. The van der Waals surface area contributed by atoms with Crippen molar-refractivity contribution in [1.82, 2.24) is 14.9 Å². The molecule has 19 heavy (non-hydrogen) atoms. The molecule has 1 heterocycles. The maximum atomic E-state index is 11.8. The van der Waals surface area contributed by atoms with Crippen LogP contribution in [0.15, 0.2) is 35.1 Å². The lowest BCUT2D eigenvalue weighted by atomic mass is 10.2. The van der Waals surface area contributed by atoms with Gasteiger partial charge in [-0.2, -0.15) is 14.8 Å². The molecule has 0 aliphatic carbocycles. The highest BCUT2D eigenvalue weighted by atomic mass is 16.2.